The van der Waals surface area contributed by atoms with E-state index in [2.05, 4.69) is 5.32 Å². The van der Waals surface area contributed by atoms with Gasteiger partial charge in [0.15, 0.2) is 0 Å². The fraction of sp³-hybridized carbons (Fsp3) is 0.316. The van der Waals surface area contributed by atoms with E-state index in [0.717, 1.165) is 10.8 Å². The number of hydrogen-bond acceptors (Lipinski definition) is 3. The highest BCUT2D eigenvalue weighted by Gasteiger charge is 2.36. The molecule has 3 rings (SSSR count). The van der Waals surface area contributed by atoms with Gasteiger partial charge in [-0.3, -0.25) is 9.59 Å². The molecule has 2 aromatic carbocycles. The summed E-state index contributed by atoms with van der Waals surface area (Å²) in [6, 6.07) is 11.4. The van der Waals surface area contributed by atoms with Crippen LogP contribution >= 0.6 is 0 Å². The van der Waals surface area contributed by atoms with Crippen molar-refractivity contribution < 1.29 is 19.5 Å². The first-order chi connectivity index (χ1) is 12.0. The van der Waals surface area contributed by atoms with Crippen molar-refractivity contribution in [3.8, 4) is 0 Å². The normalized spacial score (nSPS) is 18.1. The zero-order chi connectivity index (χ0) is 18.0. The third-order valence-electron chi connectivity index (χ3n) is 4.57. The van der Waals surface area contributed by atoms with E-state index in [0.29, 0.717) is 24.9 Å². The van der Waals surface area contributed by atoms with Crippen LogP contribution in [0.1, 0.15) is 30.1 Å². The van der Waals surface area contributed by atoms with Crippen LogP contribution in [-0.4, -0.2) is 46.4 Å². The molecule has 1 aliphatic rings. The number of carbonyl (C=O) groups is 3. The van der Waals surface area contributed by atoms with Crippen LogP contribution in [0.4, 0.5) is 0 Å². The van der Waals surface area contributed by atoms with E-state index in [-0.39, 0.29) is 11.8 Å². The highest BCUT2D eigenvalue weighted by atomic mass is 16.4. The smallest absolute Gasteiger partial charge is 0.326 e. The maximum absolute atomic E-state index is 12.6. The molecule has 1 saturated heterocycles. The van der Waals surface area contributed by atoms with E-state index < -0.39 is 18.1 Å². The van der Waals surface area contributed by atoms with Crippen LogP contribution in [0.2, 0.25) is 0 Å². The van der Waals surface area contributed by atoms with Gasteiger partial charge in [0.25, 0.3) is 5.91 Å². The number of hydrogen-bond donors (Lipinski definition) is 2. The van der Waals surface area contributed by atoms with Gasteiger partial charge in [0.2, 0.25) is 5.91 Å². The minimum atomic E-state index is -1.00. The summed E-state index contributed by atoms with van der Waals surface area (Å²) in [6.07, 6.45) is 1.11. The zero-order valence-corrected chi connectivity index (χ0v) is 13.9. The molecule has 1 aliphatic heterocycles. The molecule has 0 aliphatic carbocycles. The zero-order valence-electron chi connectivity index (χ0n) is 13.9. The van der Waals surface area contributed by atoms with E-state index in [9.17, 15) is 19.5 Å². The van der Waals surface area contributed by atoms with Crippen LogP contribution in [0.25, 0.3) is 10.8 Å². The van der Waals surface area contributed by atoms with Gasteiger partial charge in [-0.05, 0) is 36.6 Å². The van der Waals surface area contributed by atoms with Gasteiger partial charge in [0.05, 0.1) is 0 Å². The molecule has 1 heterocycles. The largest absolute Gasteiger partial charge is 0.480 e. The summed E-state index contributed by atoms with van der Waals surface area (Å²) in [7, 11) is 0. The van der Waals surface area contributed by atoms with Gasteiger partial charge in [0, 0.05) is 12.1 Å². The van der Waals surface area contributed by atoms with Crippen LogP contribution in [0.15, 0.2) is 42.5 Å². The Kier molecular flexibility index (Phi) is 4.70. The van der Waals surface area contributed by atoms with Crippen LogP contribution in [-0.2, 0) is 9.59 Å². The molecule has 25 heavy (non-hydrogen) atoms. The molecule has 1 fully saturated rings. The summed E-state index contributed by atoms with van der Waals surface area (Å²) in [6.45, 7) is 1.99. The predicted molar refractivity (Wildman–Crippen MR) is 93.2 cm³/mol. The molecule has 2 N–H and O–H groups in total. The first kappa shape index (κ1) is 17.0. The van der Waals surface area contributed by atoms with Crippen LogP contribution in [0, 0.1) is 0 Å². The SMILES string of the molecule is C[C@H](NC(=O)c1cccc2ccccc12)C(=O)N1CCC[C@H]1C(=O)O. The Bertz CT molecular complexity index is 828. The summed E-state index contributed by atoms with van der Waals surface area (Å²) in [4.78, 5) is 37.7. The van der Waals surface area contributed by atoms with Crippen molar-refractivity contribution in [3.63, 3.8) is 0 Å². The molecular weight excluding hydrogens is 320 g/mol. The van der Waals surface area contributed by atoms with Gasteiger partial charge >= 0.3 is 5.97 Å². The van der Waals surface area contributed by atoms with Crippen molar-refractivity contribution >= 4 is 28.6 Å². The molecule has 0 bridgehead atoms. The van der Waals surface area contributed by atoms with E-state index >= 15 is 0 Å². The first-order valence-corrected chi connectivity index (χ1v) is 8.31. The van der Waals surface area contributed by atoms with E-state index in [1.807, 2.05) is 30.3 Å². The van der Waals surface area contributed by atoms with Crippen molar-refractivity contribution in [3.05, 3.63) is 48.0 Å². The molecule has 6 nitrogen and oxygen atoms in total. The third kappa shape index (κ3) is 3.33. The summed E-state index contributed by atoms with van der Waals surface area (Å²) < 4.78 is 0. The van der Waals surface area contributed by atoms with E-state index in [4.69, 9.17) is 0 Å². The fourth-order valence-electron chi connectivity index (χ4n) is 3.30. The third-order valence-corrected chi connectivity index (χ3v) is 4.57. The summed E-state index contributed by atoms with van der Waals surface area (Å²) in [5.41, 5.74) is 0.494. The molecule has 0 unspecified atom stereocenters. The number of carboxylic acids is 1. The maximum atomic E-state index is 12.6. The number of benzene rings is 2. The number of amides is 2. The number of nitrogens with zero attached hydrogens (tertiary/aromatic N) is 1. The molecule has 130 valence electrons. The molecule has 2 atom stereocenters. The Balaban J connectivity index is 1.76. The summed E-state index contributed by atoms with van der Waals surface area (Å²) in [5.74, 6) is -1.71. The van der Waals surface area contributed by atoms with Crippen molar-refractivity contribution in [2.45, 2.75) is 31.8 Å². The lowest BCUT2D eigenvalue weighted by atomic mass is 10.0. The molecule has 0 saturated carbocycles. The lowest BCUT2D eigenvalue weighted by molar-refractivity contribution is -0.148. The maximum Gasteiger partial charge on any atom is 0.326 e. The number of nitrogens with one attached hydrogen (secondary N) is 1. The Morgan fingerprint density at radius 1 is 1.16 bits per heavy atom. The highest BCUT2D eigenvalue weighted by Crippen LogP contribution is 2.20. The van der Waals surface area contributed by atoms with Crippen molar-refractivity contribution in [1.29, 1.82) is 0 Å². The number of rotatable bonds is 4. The number of fused-ring (bicyclic) bond motifs is 1. The molecular formula is C19H20N2O4. The lowest BCUT2D eigenvalue weighted by Gasteiger charge is -2.25. The Morgan fingerprint density at radius 2 is 1.88 bits per heavy atom. The monoisotopic (exact) mass is 340 g/mol. The molecule has 0 radical (unpaired) electrons. The average Bonchev–Trinajstić information content (AvgIpc) is 3.10. The van der Waals surface area contributed by atoms with Gasteiger partial charge in [-0.15, -0.1) is 0 Å². The van der Waals surface area contributed by atoms with Crippen molar-refractivity contribution in [2.24, 2.45) is 0 Å². The van der Waals surface area contributed by atoms with E-state index in [1.54, 1.807) is 19.1 Å². The standard InChI is InChI=1S/C19H20N2O4/c1-12(18(23)21-11-5-10-16(21)19(24)25)20-17(22)15-9-4-7-13-6-2-3-8-14(13)15/h2-4,6-9,12,16H,5,10-11H2,1H3,(H,20,22)(H,24,25)/t12-,16-/m0/s1. The van der Waals surface area contributed by atoms with Gasteiger partial charge in [-0.25, -0.2) is 4.79 Å². The topological polar surface area (TPSA) is 86.7 Å². The van der Waals surface area contributed by atoms with Gasteiger partial charge in [0.1, 0.15) is 12.1 Å². The molecule has 2 aromatic rings. The Labute approximate surface area is 145 Å². The second kappa shape index (κ2) is 6.93. The lowest BCUT2D eigenvalue weighted by Crippen LogP contribution is -2.50. The molecule has 0 spiro atoms. The first-order valence-electron chi connectivity index (χ1n) is 8.31. The number of carboxylic acid groups (broad SMARTS) is 1. The van der Waals surface area contributed by atoms with Crippen molar-refractivity contribution in [1.82, 2.24) is 10.2 Å². The number of likely N-dealkylation sites (tertiary alicyclic amines) is 1. The fourth-order valence-corrected chi connectivity index (χ4v) is 3.30. The minimum absolute atomic E-state index is 0.344. The van der Waals surface area contributed by atoms with Gasteiger partial charge < -0.3 is 15.3 Å². The second-order valence-electron chi connectivity index (χ2n) is 6.25. The van der Waals surface area contributed by atoms with Crippen LogP contribution in [0.3, 0.4) is 0 Å². The minimum Gasteiger partial charge on any atom is -0.480 e. The van der Waals surface area contributed by atoms with Crippen molar-refractivity contribution in [2.75, 3.05) is 6.54 Å². The molecule has 2 amide bonds. The molecule has 0 aromatic heterocycles. The van der Waals surface area contributed by atoms with Gasteiger partial charge in [-0.1, -0.05) is 36.4 Å². The Hall–Kier alpha value is -2.89. The highest BCUT2D eigenvalue weighted by molar-refractivity contribution is 6.08. The van der Waals surface area contributed by atoms with E-state index in [1.165, 1.54) is 4.90 Å². The average molecular weight is 340 g/mol. The Morgan fingerprint density at radius 3 is 2.64 bits per heavy atom. The number of carbonyl (C=O) groups excluding carboxylic acids is 2. The number of aliphatic carboxylic acids is 1. The van der Waals surface area contributed by atoms with Gasteiger partial charge in [-0.2, -0.15) is 0 Å². The quantitative estimate of drug-likeness (QED) is 0.892. The summed E-state index contributed by atoms with van der Waals surface area (Å²) in [5, 5.41) is 13.7. The second-order valence-corrected chi connectivity index (χ2v) is 6.25. The summed E-state index contributed by atoms with van der Waals surface area (Å²) >= 11 is 0. The predicted octanol–water partition coefficient (Wildman–Crippen LogP) is 2.03. The molecule has 6 heteroatoms. The van der Waals surface area contributed by atoms with Crippen LogP contribution in [0.5, 0.6) is 0 Å². The van der Waals surface area contributed by atoms with Crippen LogP contribution < -0.4 is 5.32 Å².